The number of hydrogen-bond acceptors (Lipinski definition) is 0. The molecule has 0 atom stereocenters. The molecule has 0 amide bonds. The van der Waals surface area contributed by atoms with E-state index in [1.807, 2.05) is 0 Å². The molecule has 0 N–H and O–H groups in total. The van der Waals surface area contributed by atoms with Crippen LogP contribution in [0, 0.1) is 0 Å². The lowest BCUT2D eigenvalue weighted by Gasteiger charge is -2.06. The Morgan fingerprint density at radius 3 is 1.09 bits per heavy atom. The van der Waals surface area contributed by atoms with E-state index in [0.29, 0.717) is 0 Å². The van der Waals surface area contributed by atoms with Gasteiger partial charge in [0.05, 0.1) is 33.1 Å². The molecule has 0 unspecified atom stereocenters. The number of aromatic nitrogens is 2. The standard InChI is InChI=1S/C42H24N2/c1-3-11-25(12-4-1)27-19-21-35-31(23-27)39-37-29-15-7-10-18-34(29)44-36-22-20-28(26-13-5-2-6-14-26)24-32(36)40(42(37)44)38-30-16-8-9-17-33(30)43(35)41(38)39/h1-24H. The molecule has 0 saturated carbocycles. The third-order valence-electron chi connectivity index (χ3n) is 9.95. The molecule has 44 heavy (non-hydrogen) atoms. The van der Waals surface area contributed by atoms with Gasteiger partial charge in [-0.15, -0.1) is 0 Å². The quantitative estimate of drug-likeness (QED) is 0.200. The van der Waals surface area contributed by atoms with E-state index in [2.05, 4.69) is 154 Å². The summed E-state index contributed by atoms with van der Waals surface area (Å²) in [5.41, 5.74) is 12.7. The van der Waals surface area contributed by atoms with E-state index in [-0.39, 0.29) is 0 Å². The molecule has 2 heteroatoms. The molecular formula is C42H24N2. The summed E-state index contributed by atoms with van der Waals surface area (Å²) in [5, 5.41) is 10.7. The number of rotatable bonds is 2. The van der Waals surface area contributed by atoms with Gasteiger partial charge in [0.25, 0.3) is 0 Å². The SMILES string of the molecule is c1ccc(-c2ccc3c(c2)c2c4c5ccccc5n5c6ccc(-c7ccccc7)cc6c(c6c7ccccc7n3c62)c45)cc1. The molecule has 0 aliphatic rings. The van der Waals surface area contributed by atoms with E-state index >= 15 is 0 Å². The summed E-state index contributed by atoms with van der Waals surface area (Å²) in [5.74, 6) is 0. The van der Waals surface area contributed by atoms with Crippen LogP contribution in [0.2, 0.25) is 0 Å². The number of hydrogen-bond donors (Lipinski definition) is 0. The van der Waals surface area contributed by atoms with E-state index in [1.54, 1.807) is 0 Å². The Morgan fingerprint density at radius 2 is 0.636 bits per heavy atom. The van der Waals surface area contributed by atoms with Gasteiger partial charge in [-0.05, 0) is 58.7 Å². The van der Waals surface area contributed by atoms with Crippen LogP contribution in [0.15, 0.2) is 146 Å². The van der Waals surface area contributed by atoms with E-state index in [4.69, 9.17) is 0 Å². The predicted molar refractivity (Wildman–Crippen MR) is 187 cm³/mol. The van der Waals surface area contributed by atoms with Crippen molar-refractivity contribution in [1.82, 2.24) is 8.80 Å². The van der Waals surface area contributed by atoms with Gasteiger partial charge in [0.15, 0.2) is 0 Å². The summed E-state index contributed by atoms with van der Waals surface area (Å²) in [6, 6.07) is 53.6. The molecule has 0 aliphatic heterocycles. The number of benzene rings is 7. The van der Waals surface area contributed by atoms with Crippen LogP contribution in [-0.2, 0) is 0 Å². The highest BCUT2D eigenvalue weighted by Crippen LogP contribution is 2.52. The Kier molecular flexibility index (Phi) is 4.10. The van der Waals surface area contributed by atoms with E-state index in [0.717, 1.165) is 0 Å². The second-order valence-electron chi connectivity index (χ2n) is 12.1. The first kappa shape index (κ1) is 22.7. The van der Waals surface area contributed by atoms with Gasteiger partial charge in [0, 0.05) is 43.1 Å². The normalized spacial score (nSPS) is 12.5. The molecule has 2 nitrogen and oxygen atoms in total. The lowest BCUT2D eigenvalue weighted by Crippen LogP contribution is -1.81. The van der Waals surface area contributed by atoms with Gasteiger partial charge < -0.3 is 8.80 Å². The Labute approximate surface area is 252 Å². The maximum atomic E-state index is 2.53. The summed E-state index contributed by atoms with van der Waals surface area (Å²) < 4.78 is 5.07. The van der Waals surface area contributed by atoms with Crippen molar-refractivity contribution in [2.24, 2.45) is 0 Å². The summed E-state index contributed by atoms with van der Waals surface area (Å²) in [6.07, 6.45) is 0. The third-order valence-corrected chi connectivity index (χ3v) is 9.95. The first-order chi connectivity index (χ1) is 21.9. The van der Waals surface area contributed by atoms with Crippen LogP contribution in [0.25, 0.3) is 98.4 Å². The number of nitrogens with zero attached hydrogens (tertiary/aromatic N) is 2. The second-order valence-corrected chi connectivity index (χ2v) is 12.1. The van der Waals surface area contributed by atoms with Crippen LogP contribution in [0.1, 0.15) is 0 Å². The molecular weight excluding hydrogens is 532 g/mol. The Morgan fingerprint density at radius 1 is 0.273 bits per heavy atom. The van der Waals surface area contributed by atoms with E-state index < -0.39 is 0 Å². The minimum absolute atomic E-state index is 1.24. The lowest BCUT2D eigenvalue weighted by molar-refractivity contribution is 1.37. The fourth-order valence-electron chi connectivity index (χ4n) is 8.20. The summed E-state index contributed by atoms with van der Waals surface area (Å²) >= 11 is 0. The van der Waals surface area contributed by atoms with Gasteiger partial charge in [0.1, 0.15) is 0 Å². The highest BCUT2D eigenvalue weighted by atomic mass is 14.9. The van der Waals surface area contributed by atoms with Crippen molar-refractivity contribution < 1.29 is 0 Å². The Balaban J connectivity index is 1.45. The van der Waals surface area contributed by atoms with Crippen LogP contribution in [0.4, 0.5) is 0 Å². The zero-order chi connectivity index (χ0) is 28.5. The van der Waals surface area contributed by atoms with Crippen molar-refractivity contribution in [2.75, 3.05) is 0 Å². The van der Waals surface area contributed by atoms with Crippen LogP contribution in [-0.4, -0.2) is 8.80 Å². The summed E-state index contributed by atoms with van der Waals surface area (Å²) in [4.78, 5) is 0. The highest BCUT2D eigenvalue weighted by molar-refractivity contribution is 6.45. The van der Waals surface area contributed by atoms with E-state index in [1.165, 1.54) is 98.4 Å². The molecule has 0 aliphatic carbocycles. The molecule has 0 radical (unpaired) electrons. The fourth-order valence-corrected chi connectivity index (χ4v) is 8.20. The fraction of sp³-hybridized carbons (Fsp3) is 0. The van der Waals surface area contributed by atoms with Gasteiger partial charge in [0.2, 0.25) is 0 Å². The molecule has 0 spiro atoms. The summed E-state index contributed by atoms with van der Waals surface area (Å²) in [7, 11) is 0. The van der Waals surface area contributed by atoms with Crippen LogP contribution < -0.4 is 0 Å². The highest BCUT2D eigenvalue weighted by Gasteiger charge is 2.28. The van der Waals surface area contributed by atoms with Gasteiger partial charge in [-0.1, -0.05) is 109 Å². The zero-order valence-corrected chi connectivity index (χ0v) is 23.8. The molecule has 4 aromatic heterocycles. The maximum absolute atomic E-state index is 2.53. The number of fused-ring (bicyclic) bond motifs is 14. The topological polar surface area (TPSA) is 8.82 Å². The van der Waals surface area contributed by atoms with Crippen molar-refractivity contribution >= 4 is 76.2 Å². The van der Waals surface area contributed by atoms with Gasteiger partial charge in [-0.3, -0.25) is 0 Å². The summed E-state index contributed by atoms with van der Waals surface area (Å²) in [6.45, 7) is 0. The minimum atomic E-state index is 1.24. The van der Waals surface area contributed by atoms with Crippen LogP contribution in [0.3, 0.4) is 0 Å². The minimum Gasteiger partial charge on any atom is -0.308 e. The monoisotopic (exact) mass is 556 g/mol. The number of para-hydroxylation sites is 2. The maximum Gasteiger partial charge on any atom is 0.0634 e. The Hall–Kier alpha value is -5.86. The molecule has 11 rings (SSSR count). The first-order valence-electron chi connectivity index (χ1n) is 15.3. The van der Waals surface area contributed by atoms with Crippen LogP contribution in [0.5, 0.6) is 0 Å². The van der Waals surface area contributed by atoms with Gasteiger partial charge in [-0.25, -0.2) is 0 Å². The molecule has 0 saturated heterocycles. The molecule has 0 bridgehead atoms. The second kappa shape index (κ2) is 7.94. The van der Waals surface area contributed by atoms with Gasteiger partial charge >= 0.3 is 0 Å². The first-order valence-corrected chi connectivity index (χ1v) is 15.3. The third kappa shape index (κ3) is 2.63. The van der Waals surface area contributed by atoms with Crippen molar-refractivity contribution in [2.45, 2.75) is 0 Å². The van der Waals surface area contributed by atoms with Crippen molar-refractivity contribution in [1.29, 1.82) is 0 Å². The van der Waals surface area contributed by atoms with Gasteiger partial charge in [-0.2, -0.15) is 0 Å². The molecule has 202 valence electrons. The molecule has 7 aromatic carbocycles. The van der Waals surface area contributed by atoms with Crippen molar-refractivity contribution in [3.8, 4) is 22.3 Å². The Bertz CT molecular complexity index is 2700. The van der Waals surface area contributed by atoms with Crippen LogP contribution >= 0.6 is 0 Å². The largest absolute Gasteiger partial charge is 0.308 e. The molecule has 0 fully saturated rings. The zero-order valence-electron chi connectivity index (χ0n) is 23.8. The molecule has 11 aromatic rings. The lowest BCUT2D eigenvalue weighted by atomic mass is 9.95. The smallest absolute Gasteiger partial charge is 0.0634 e. The van der Waals surface area contributed by atoms with Crippen molar-refractivity contribution in [3.05, 3.63) is 146 Å². The van der Waals surface area contributed by atoms with Crippen molar-refractivity contribution in [3.63, 3.8) is 0 Å². The average Bonchev–Trinajstić information content (AvgIpc) is 3.81. The van der Waals surface area contributed by atoms with E-state index in [9.17, 15) is 0 Å². The predicted octanol–water partition coefficient (Wildman–Crippen LogP) is 11.3. The molecule has 4 heterocycles. The average molecular weight is 557 g/mol.